The second-order valence-electron chi connectivity index (χ2n) is 2.22. The van der Waals surface area contributed by atoms with Gasteiger partial charge in [-0.25, -0.2) is 4.79 Å². The van der Waals surface area contributed by atoms with Gasteiger partial charge in [-0.2, -0.15) is 8.78 Å². The van der Waals surface area contributed by atoms with Crippen molar-refractivity contribution in [2.24, 2.45) is 0 Å². The van der Waals surface area contributed by atoms with Gasteiger partial charge in [0.25, 0.3) is 0 Å². The van der Waals surface area contributed by atoms with Gasteiger partial charge < -0.3 is 14.2 Å². The second-order valence-corrected chi connectivity index (χ2v) is 2.22. The average Bonchev–Trinajstić information content (AvgIpc) is 2.01. The molecule has 0 radical (unpaired) electrons. The first-order valence-electron chi connectivity index (χ1n) is 3.41. The molecule has 6 heteroatoms. The molecule has 0 bridgehead atoms. The maximum Gasteiger partial charge on any atom is 0.508 e. The van der Waals surface area contributed by atoms with E-state index in [1.54, 1.807) is 0 Å². The molecular weight excluding hydrogens is 174 g/mol. The fraction of sp³-hybridized carbons (Fsp3) is 0.833. The summed E-state index contributed by atoms with van der Waals surface area (Å²) in [6.07, 6.45) is -1.05. The molecule has 0 saturated carbocycles. The summed E-state index contributed by atoms with van der Waals surface area (Å²) >= 11 is 0. The lowest BCUT2D eigenvalue weighted by Gasteiger charge is -2.21. The van der Waals surface area contributed by atoms with Gasteiger partial charge in [0, 0.05) is 6.42 Å². The molecule has 1 saturated heterocycles. The number of ether oxygens (including phenoxy) is 3. The van der Waals surface area contributed by atoms with Crippen LogP contribution in [0, 0.1) is 0 Å². The first-order chi connectivity index (χ1) is 5.68. The topological polar surface area (TPSA) is 44.8 Å². The Kier molecular flexibility index (Phi) is 3.21. The van der Waals surface area contributed by atoms with Crippen molar-refractivity contribution in [2.75, 3.05) is 13.2 Å². The first kappa shape index (κ1) is 9.18. The van der Waals surface area contributed by atoms with Gasteiger partial charge in [0.05, 0.1) is 13.2 Å². The zero-order valence-electron chi connectivity index (χ0n) is 6.16. The van der Waals surface area contributed by atoms with E-state index >= 15 is 0 Å². The van der Waals surface area contributed by atoms with Gasteiger partial charge in [0.1, 0.15) is 6.10 Å². The minimum absolute atomic E-state index is 0.191. The Balaban J connectivity index is 2.18. The zero-order chi connectivity index (χ0) is 8.97. The summed E-state index contributed by atoms with van der Waals surface area (Å²) in [7, 11) is 0. The highest BCUT2D eigenvalue weighted by Crippen LogP contribution is 2.09. The van der Waals surface area contributed by atoms with Crippen molar-refractivity contribution in [3.63, 3.8) is 0 Å². The Bertz CT molecular complexity index is 162. The normalized spacial score (nSPS) is 23.6. The highest BCUT2D eigenvalue weighted by Gasteiger charge is 2.22. The number of rotatable bonds is 3. The molecular formula is C6H8F2O4. The van der Waals surface area contributed by atoms with E-state index < -0.39 is 18.9 Å². The second kappa shape index (κ2) is 4.20. The Morgan fingerprint density at radius 2 is 2.42 bits per heavy atom. The van der Waals surface area contributed by atoms with E-state index in [1.165, 1.54) is 0 Å². The molecule has 0 N–H and O–H groups in total. The standard InChI is InChI=1S/C6H8F2O4/c7-5(8)11-3-4-1-2-10-6(9)12-4/h4-5H,1-3H2. The molecule has 1 heterocycles. The summed E-state index contributed by atoms with van der Waals surface area (Å²) in [5.74, 6) is 0. The van der Waals surface area contributed by atoms with Crippen molar-refractivity contribution in [3.8, 4) is 0 Å². The summed E-state index contributed by atoms with van der Waals surface area (Å²) in [5.41, 5.74) is 0. The van der Waals surface area contributed by atoms with Crippen molar-refractivity contribution in [2.45, 2.75) is 19.1 Å². The summed E-state index contributed by atoms with van der Waals surface area (Å²) in [5, 5.41) is 0. The average molecular weight is 182 g/mol. The maximum absolute atomic E-state index is 11.5. The lowest BCUT2D eigenvalue weighted by Crippen LogP contribution is -2.31. The lowest BCUT2D eigenvalue weighted by molar-refractivity contribution is -0.158. The zero-order valence-corrected chi connectivity index (χ0v) is 6.16. The number of carbonyl (C=O) groups is 1. The Morgan fingerprint density at radius 1 is 1.67 bits per heavy atom. The van der Waals surface area contributed by atoms with Crippen LogP contribution in [-0.2, 0) is 14.2 Å². The SMILES string of the molecule is O=C1OCCC(COC(F)F)O1. The van der Waals surface area contributed by atoms with Crippen molar-refractivity contribution in [3.05, 3.63) is 0 Å². The molecule has 0 spiro atoms. The number of halogens is 2. The predicted molar refractivity (Wildman–Crippen MR) is 32.8 cm³/mol. The highest BCUT2D eigenvalue weighted by atomic mass is 19.3. The van der Waals surface area contributed by atoms with Crippen LogP contribution in [0.3, 0.4) is 0 Å². The minimum atomic E-state index is -2.83. The van der Waals surface area contributed by atoms with Gasteiger partial charge >= 0.3 is 12.8 Å². The number of hydrogen-bond acceptors (Lipinski definition) is 4. The van der Waals surface area contributed by atoms with Crippen LogP contribution < -0.4 is 0 Å². The summed E-state index contributed by atoms with van der Waals surface area (Å²) in [6.45, 7) is -2.92. The van der Waals surface area contributed by atoms with Crippen LogP contribution >= 0.6 is 0 Å². The molecule has 1 atom stereocenters. The molecule has 0 aliphatic carbocycles. The molecule has 0 aromatic heterocycles. The number of carbonyl (C=O) groups excluding carboxylic acids is 1. The van der Waals surface area contributed by atoms with Crippen LogP contribution in [-0.4, -0.2) is 32.1 Å². The van der Waals surface area contributed by atoms with Crippen LogP contribution in [0.25, 0.3) is 0 Å². The third-order valence-electron chi connectivity index (χ3n) is 1.33. The fourth-order valence-electron chi connectivity index (χ4n) is 0.800. The van der Waals surface area contributed by atoms with Crippen LogP contribution in [0.5, 0.6) is 0 Å². The fourth-order valence-corrected chi connectivity index (χ4v) is 0.800. The highest BCUT2D eigenvalue weighted by molar-refractivity contribution is 5.60. The molecule has 1 aliphatic rings. The first-order valence-corrected chi connectivity index (χ1v) is 3.41. The van der Waals surface area contributed by atoms with Crippen molar-refractivity contribution in [1.29, 1.82) is 0 Å². The lowest BCUT2D eigenvalue weighted by atomic mass is 10.3. The molecule has 0 aromatic rings. The number of cyclic esters (lactones) is 2. The summed E-state index contributed by atoms with van der Waals surface area (Å²) in [6, 6.07) is 0. The van der Waals surface area contributed by atoms with E-state index in [2.05, 4.69) is 14.2 Å². The molecule has 1 unspecified atom stereocenters. The van der Waals surface area contributed by atoms with E-state index in [9.17, 15) is 13.6 Å². The van der Waals surface area contributed by atoms with Crippen molar-refractivity contribution in [1.82, 2.24) is 0 Å². The Labute approximate surface area is 67.4 Å². The van der Waals surface area contributed by atoms with Crippen LogP contribution in [0.4, 0.5) is 13.6 Å². The largest absolute Gasteiger partial charge is 0.508 e. The Hall–Kier alpha value is -0.910. The molecule has 1 fully saturated rings. The van der Waals surface area contributed by atoms with Gasteiger partial charge in [-0.15, -0.1) is 0 Å². The number of hydrogen-bond donors (Lipinski definition) is 0. The van der Waals surface area contributed by atoms with Gasteiger partial charge in [-0.05, 0) is 0 Å². The van der Waals surface area contributed by atoms with Gasteiger partial charge in [-0.1, -0.05) is 0 Å². The molecule has 1 aliphatic heterocycles. The third-order valence-corrected chi connectivity index (χ3v) is 1.33. The summed E-state index contributed by atoms with van der Waals surface area (Å²) < 4.78 is 35.9. The third kappa shape index (κ3) is 3.00. The smallest absolute Gasteiger partial charge is 0.434 e. The number of alkyl halides is 2. The molecule has 0 aromatic carbocycles. The van der Waals surface area contributed by atoms with E-state index in [-0.39, 0.29) is 13.2 Å². The van der Waals surface area contributed by atoms with Crippen LogP contribution in [0.1, 0.15) is 6.42 Å². The molecule has 70 valence electrons. The van der Waals surface area contributed by atoms with Gasteiger partial charge in [0.2, 0.25) is 0 Å². The van der Waals surface area contributed by atoms with Crippen LogP contribution in [0.2, 0.25) is 0 Å². The minimum Gasteiger partial charge on any atom is -0.434 e. The predicted octanol–water partition coefficient (Wildman–Crippen LogP) is 1.15. The molecule has 0 amide bonds. The van der Waals surface area contributed by atoms with Gasteiger partial charge in [0.15, 0.2) is 0 Å². The van der Waals surface area contributed by atoms with E-state index in [1.807, 2.05) is 0 Å². The van der Waals surface area contributed by atoms with E-state index in [0.29, 0.717) is 6.42 Å². The monoisotopic (exact) mass is 182 g/mol. The van der Waals surface area contributed by atoms with Gasteiger partial charge in [-0.3, -0.25) is 0 Å². The Morgan fingerprint density at radius 3 is 3.00 bits per heavy atom. The van der Waals surface area contributed by atoms with E-state index in [0.717, 1.165) is 0 Å². The van der Waals surface area contributed by atoms with Crippen molar-refractivity contribution < 1.29 is 27.8 Å². The molecule has 12 heavy (non-hydrogen) atoms. The quantitative estimate of drug-likeness (QED) is 0.614. The summed E-state index contributed by atoms with van der Waals surface area (Å²) in [4.78, 5) is 10.4. The van der Waals surface area contributed by atoms with Crippen molar-refractivity contribution >= 4 is 6.16 Å². The molecule has 4 nitrogen and oxygen atoms in total. The maximum atomic E-state index is 11.5. The molecule has 1 rings (SSSR count). The van der Waals surface area contributed by atoms with E-state index in [4.69, 9.17) is 0 Å². The van der Waals surface area contributed by atoms with Crippen LogP contribution in [0.15, 0.2) is 0 Å².